The lowest BCUT2D eigenvalue weighted by molar-refractivity contribution is 0.584. The molecule has 0 aliphatic carbocycles. The first kappa shape index (κ1) is 18.8. The second-order valence-electron chi connectivity index (χ2n) is 6.55. The van der Waals surface area contributed by atoms with Crippen LogP contribution in [0.2, 0.25) is 0 Å². The van der Waals surface area contributed by atoms with Crippen LogP contribution in [0.3, 0.4) is 0 Å². The Labute approximate surface area is 161 Å². The molecule has 0 fully saturated rings. The SMILES string of the molecule is C/C=C(\C=C/Cc1ccc(-c2nnc(-c3ccccc3)o2)cc1)CCCC. The summed E-state index contributed by atoms with van der Waals surface area (Å²) < 4.78 is 5.82. The Morgan fingerprint density at radius 2 is 1.59 bits per heavy atom. The van der Waals surface area contributed by atoms with Gasteiger partial charge in [-0.2, -0.15) is 0 Å². The summed E-state index contributed by atoms with van der Waals surface area (Å²) >= 11 is 0. The molecule has 0 bridgehead atoms. The maximum Gasteiger partial charge on any atom is 0.248 e. The van der Waals surface area contributed by atoms with E-state index in [2.05, 4.69) is 54.4 Å². The average Bonchev–Trinajstić information content (AvgIpc) is 3.22. The van der Waals surface area contributed by atoms with Crippen LogP contribution in [-0.2, 0) is 6.42 Å². The molecule has 3 aromatic rings. The van der Waals surface area contributed by atoms with E-state index in [1.807, 2.05) is 42.5 Å². The van der Waals surface area contributed by atoms with Gasteiger partial charge in [-0.1, -0.05) is 67.5 Å². The van der Waals surface area contributed by atoms with Gasteiger partial charge in [0.15, 0.2) is 0 Å². The third kappa shape index (κ3) is 5.27. The Balaban J connectivity index is 1.63. The van der Waals surface area contributed by atoms with Gasteiger partial charge >= 0.3 is 0 Å². The van der Waals surface area contributed by atoms with Crippen molar-refractivity contribution in [1.29, 1.82) is 0 Å². The summed E-state index contributed by atoms with van der Waals surface area (Å²) in [6.45, 7) is 4.34. The number of nitrogens with zero attached hydrogens (tertiary/aromatic N) is 2. The summed E-state index contributed by atoms with van der Waals surface area (Å²) in [5.41, 5.74) is 4.55. The van der Waals surface area contributed by atoms with Gasteiger partial charge in [0, 0.05) is 11.1 Å². The Morgan fingerprint density at radius 3 is 2.22 bits per heavy atom. The lowest BCUT2D eigenvalue weighted by atomic mass is 10.1. The predicted octanol–water partition coefficient (Wildman–Crippen LogP) is 6.64. The maximum atomic E-state index is 5.82. The fraction of sp³-hybridized carbons (Fsp3) is 0.250. The summed E-state index contributed by atoms with van der Waals surface area (Å²) in [6.07, 6.45) is 11.2. The highest BCUT2D eigenvalue weighted by Gasteiger charge is 2.09. The van der Waals surface area contributed by atoms with Gasteiger partial charge in [-0.3, -0.25) is 0 Å². The van der Waals surface area contributed by atoms with Gasteiger partial charge in [-0.05, 0) is 56.0 Å². The molecule has 0 N–H and O–H groups in total. The Morgan fingerprint density at radius 1 is 0.926 bits per heavy atom. The van der Waals surface area contributed by atoms with Crippen molar-refractivity contribution in [1.82, 2.24) is 10.2 Å². The van der Waals surface area contributed by atoms with E-state index in [9.17, 15) is 0 Å². The number of allylic oxidation sites excluding steroid dienone is 4. The van der Waals surface area contributed by atoms with Crippen LogP contribution in [0.4, 0.5) is 0 Å². The average molecular weight is 358 g/mol. The maximum absolute atomic E-state index is 5.82. The van der Waals surface area contributed by atoms with Gasteiger partial charge in [-0.15, -0.1) is 10.2 Å². The summed E-state index contributed by atoms with van der Waals surface area (Å²) in [5.74, 6) is 1.09. The lowest BCUT2D eigenvalue weighted by Gasteiger charge is -2.01. The predicted molar refractivity (Wildman–Crippen MR) is 111 cm³/mol. The second-order valence-corrected chi connectivity index (χ2v) is 6.55. The van der Waals surface area contributed by atoms with Crippen molar-refractivity contribution in [2.45, 2.75) is 39.5 Å². The van der Waals surface area contributed by atoms with Crippen molar-refractivity contribution >= 4 is 0 Å². The largest absolute Gasteiger partial charge is 0.416 e. The van der Waals surface area contributed by atoms with E-state index in [0.717, 1.165) is 24.0 Å². The standard InChI is InChI=1S/C24H26N2O/c1-3-5-10-19(4-2)11-9-12-20-15-17-22(18-16-20)24-26-25-23(27-24)21-13-7-6-8-14-21/h4,6-9,11,13-18H,3,5,10,12H2,1-2H3/b11-9-,19-4-. The number of hydrogen-bond donors (Lipinski definition) is 0. The van der Waals surface area contributed by atoms with E-state index in [-0.39, 0.29) is 0 Å². The highest BCUT2D eigenvalue weighted by Crippen LogP contribution is 2.24. The Hall–Kier alpha value is -2.94. The Kier molecular flexibility index (Phi) is 6.75. The van der Waals surface area contributed by atoms with Crippen molar-refractivity contribution in [2.24, 2.45) is 0 Å². The first-order valence-corrected chi connectivity index (χ1v) is 9.60. The number of rotatable bonds is 8. The van der Waals surface area contributed by atoms with Crippen molar-refractivity contribution in [3.63, 3.8) is 0 Å². The Bertz CT molecular complexity index is 890. The van der Waals surface area contributed by atoms with Crippen molar-refractivity contribution in [3.05, 3.63) is 84.0 Å². The third-order valence-electron chi connectivity index (χ3n) is 4.52. The minimum Gasteiger partial charge on any atom is -0.416 e. The van der Waals surface area contributed by atoms with Gasteiger partial charge in [0.1, 0.15) is 0 Å². The van der Waals surface area contributed by atoms with Crippen LogP contribution in [0.15, 0.2) is 82.8 Å². The van der Waals surface area contributed by atoms with Gasteiger partial charge in [0.2, 0.25) is 11.8 Å². The van der Waals surface area contributed by atoms with Crippen LogP contribution in [0.1, 0.15) is 38.7 Å². The summed E-state index contributed by atoms with van der Waals surface area (Å²) in [4.78, 5) is 0. The van der Waals surface area contributed by atoms with Crippen LogP contribution >= 0.6 is 0 Å². The highest BCUT2D eigenvalue weighted by atomic mass is 16.4. The number of unbranched alkanes of at least 4 members (excludes halogenated alkanes) is 1. The smallest absolute Gasteiger partial charge is 0.248 e. The van der Waals surface area contributed by atoms with Crippen molar-refractivity contribution in [2.75, 3.05) is 0 Å². The molecule has 138 valence electrons. The second kappa shape index (κ2) is 9.67. The monoisotopic (exact) mass is 358 g/mol. The molecule has 2 aromatic carbocycles. The molecule has 1 aromatic heterocycles. The normalized spacial score (nSPS) is 12.0. The molecular formula is C24H26N2O. The summed E-state index contributed by atoms with van der Waals surface area (Å²) in [7, 11) is 0. The highest BCUT2D eigenvalue weighted by molar-refractivity contribution is 5.58. The number of aromatic nitrogens is 2. The molecule has 0 spiro atoms. The van der Waals surface area contributed by atoms with Crippen LogP contribution < -0.4 is 0 Å². The lowest BCUT2D eigenvalue weighted by Crippen LogP contribution is -1.84. The van der Waals surface area contributed by atoms with Crippen molar-refractivity contribution in [3.8, 4) is 22.9 Å². The molecule has 0 amide bonds. The van der Waals surface area contributed by atoms with Gasteiger partial charge in [-0.25, -0.2) is 0 Å². The molecule has 3 nitrogen and oxygen atoms in total. The molecule has 0 saturated carbocycles. The summed E-state index contributed by atoms with van der Waals surface area (Å²) in [5, 5.41) is 8.33. The minimum absolute atomic E-state index is 0.545. The topological polar surface area (TPSA) is 38.9 Å². The first-order valence-electron chi connectivity index (χ1n) is 9.60. The van der Waals surface area contributed by atoms with Gasteiger partial charge in [0.05, 0.1) is 0 Å². The van der Waals surface area contributed by atoms with E-state index >= 15 is 0 Å². The summed E-state index contributed by atoms with van der Waals surface area (Å²) in [6, 6.07) is 18.1. The zero-order valence-corrected chi connectivity index (χ0v) is 16.1. The van der Waals surface area contributed by atoms with Gasteiger partial charge < -0.3 is 4.42 Å². The van der Waals surface area contributed by atoms with Crippen LogP contribution in [-0.4, -0.2) is 10.2 Å². The van der Waals surface area contributed by atoms with Crippen LogP contribution in [0, 0.1) is 0 Å². The van der Waals surface area contributed by atoms with E-state index in [1.165, 1.54) is 24.0 Å². The van der Waals surface area contributed by atoms with Crippen LogP contribution in [0.25, 0.3) is 22.9 Å². The van der Waals surface area contributed by atoms with Crippen molar-refractivity contribution < 1.29 is 4.42 Å². The zero-order chi connectivity index (χ0) is 18.9. The fourth-order valence-corrected chi connectivity index (χ4v) is 2.87. The molecule has 0 saturated heterocycles. The molecule has 27 heavy (non-hydrogen) atoms. The number of benzene rings is 2. The molecule has 3 rings (SSSR count). The quantitative estimate of drug-likeness (QED) is 0.424. The molecule has 0 unspecified atom stereocenters. The molecule has 1 heterocycles. The molecule has 0 aliphatic rings. The minimum atomic E-state index is 0.545. The first-order chi connectivity index (χ1) is 13.3. The molecular weight excluding hydrogens is 332 g/mol. The van der Waals surface area contributed by atoms with E-state index in [0.29, 0.717) is 11.8 Å². The zero-order valence-electron chi connectivity index (χ0n) is 16.1. The van der Waals surface area contributed by atoms with E-state index in [4.69, 9.17) is 4.42 Å². The van der Waals surface area contributed by atoms with E-state index < -0.39 is 0 Å². The number of hydrogen-bond acceptors (Lipinski definition) is 3. The fourth-order valence-electron chi connectivity index (χ4n) is 2.87. The molecule has 0 radical (unpaired) electrons. The third-order valence-corrected chi connectivity index (χ3v) is 4.52. The molecule has 0 aliphatic heterocycles. The van der Waals surface area contributed by atoms with Crippen LogP contribution in [0.5, 0.6) is 0 Å². The van der Waals surface area contributed by atoms with E-state index in [1.54, 1.807) is 0 Å². The van der Waals surface area contributed by atoms with Gasteiger partial charge in [0.25, 0.3) is 0 Å². The molecule has 3 heteroatoms. The molecule has 0 atom stereocenters.